The van der Waals surface area contributed by atoms with Gasteiger partial charge in [0, 0.05) is 24.1 Å². The van der Waals surface area contributed by atoms with E-state index in [1.807, 2.05) is 30.3 Å². The van der Waals surface area contributed by atoms with Crippen LogP contribution in [0.4, 0.5) is 14.9 Å². The van der Waals surface area contributed by atoms with Crippen molar-refractivity contribution in [3.05, 3.63) is 66.0 Å². The molecule has 4 unspecified atom stereocenters. The number of hydrogen-bond acceptors (Lipinski definition) is 4. The summed E-state index contributed by atoms with van der Waals surface area (Å²) in [4.78, 5) is 53.7. The lowest BCUT2D eigenvalue weighted by molar-refractivity contribution is -0.899. The number of ketones is 1. The molecular weight excluding hydrogens is 455 g/mol. The second-order valence-corrected chi connectivity index (χ2v) is 9.53. The van der Waals surface area contributed by atoms with Crippen LogP contribution in [-0.2, 0) is 20.9 Å². The first-order chi connectivity index (χ1) is 16.5. The van der Waals surface area contributed by atoms with E-state index in [0.717, 1.165) is 16.5 Å². The Kier molecular flexibility index (Phi) is 6.00. The Labute approximate surface area is 202 Å². The summed E-state index contributed by atoms with van der Waals surface area (Å²) in [7, 11) is 0. The maximum atomic E-state index is 14.2. The summed E-state index contributed by atoms with van der Waals surface area (Å²) < 4.78 is 13.8. The Hall–Kier alpha value is -3.59. The molecule has 2 N–H and O–H groups in total. The normalized spacial score (nSPS) is 30.6. The first kappa shape index (κ1) is 24.5. The van der Waals surface area contributed by atoms with Gasteiger partial charge in [-0.15, -0.1) is 0 Å². The van der Waals surface area contributed by atoms with E-state index in [2.05, 4.69) is 0 Å². The van der Waals surface area contributed by atoms with E-state index in [1.165, 1.54) is 25.1 Å². The molecule has 2 fully saturated rings. The molecule has 0 aliphatic carbocycles. The number of benzene rings is 2. The van der Waals surface area contributed by atoms with Gasteiger partial charge in [-0.1, -0.05) is 43.3 Å². The van der Waals surface area contributed by atoms with Crippen molar-refractivity contribution in [3.8, 4) is 0 Å². The van der Waals surface area contributed by atoms with Crippen molar-refractivity contribution < 1.29 is 38.3 Å². The van der Waals surface area contributed by atoms with Crippen molar-refractivity contribution in [2.24, 2.45) is 5.41 Å². The van der Waals surface area contributed by atoms with Crippen LogP contribution in [0, 0.1) is 11.2 Å². The lowest BCUT2D eigenvalue weighted by Crippen LogP contribution is -2.68. The summed E-state index contributed by atoms with van der Waals surface area (Å²) in [6, 6.07) is 13.6. The Balaban J connectivity index is 1.84. The summed E-state index contributed by atoms with van der Waals surface area (Å²) in [5.74, 6) is -3.85. The van der Waals surface area contributed by atoms with Gasteiger partial charge in [-0.2, -0.15) is 4.79 Å². The van der Waals surface area contributed by atoms with Gasteiger partial charge in [-0.3, -0.25) is 19.3 Å². The van der Waals surface area contributed by atoms with Crippen LogP contribution in [0.1, 0.15) is 38.7 Å². The summed E-state index contributed by atoms with van der Waals surface area (Å²) in [6.07, 6.45) is -1.45. The van der Waals surface area contributed by atoms with Gasteiger partial charge in [-0.05, 0) is 31.5 Å². The third-order valence-corrected chi connectivity index (χ3v) is 7.86. The molecule has 2 saturated heterocycles. The predicted octanol–water partition coefficient (Wildman–Crippen LogP) is 3.84. The molecule has 184 valence electrons. The Morgan fingerprint density at radius 3 is 2.34 bits per heavy atom. The number of carboxylic acids is 1. The van der Waals surface area contributed by atoms with Crippen molar-refractivity contribution in [1.82, 2.24) is 0 Å². The van der Waals surface area contributed by atoms with Crippen LogP contribution < -0.4 is 4.90 Å². The summed E-state index contributed by atoms with van der Waals surface area (Å²) in [5, 5.41) is 20.3. The lowest BCUT2D eigenvalue weighted by atomic mass is 9.71. The molecule has 2 aliphatic rings. The first-order valence-electron chi connectivity index (χ1n) is 11.6. The third-order valence-electron chi connectivity index (χ3n) is 7.86. The van der Waals surface area contributed by atoms with Gasteiger partial charge in [0.15, 0.2) is 5.78 Å². The van der Waals surface area contributed by atoms with Crippen molar-refractivity contribution in [3.63, 3.8) is 0 Å². The van der Waals surface area contributed by atoms with Crippen LogP contribution in [0.2, 0.25) is 0 Å². The molecule has 2 amide bonds. The zero-order chi connectivity index (χ0) is 25.6. The van der Waals surface area contributed by atoms with E-state index in [4.69, 9.17) is 0 Å². The quantitative estimate of drug-likeness (QED) is 0.494. The van der Waals surface area contributed by atoms with Crippen molar-refractivity contribution in [2.45, 2.75) is 51.2 Å². The Morgan fingerprint density at radius 1 is 1.11 bits per heavy atom. The zero-order valence-corrected chi connectivity index (χ0v) is 19.6. The number of Topliss-reactive ketones (excluding diaryl/α,β-unsaturated/α-hetero) is 1. The first-order valence-corrected chi connectivity index (χ1v) is 11.6. The molecule has 0 radical (unpaired) electrons. The molecule has 0 bridgehead atoms. The number of aliphatic carboxylic acids is 1. The molecule has 2 aliphatic heterocycles. The fourth-order valence-corrected chi connectivity index (χ4v) is 5.89. The standard InChI is InChI=1S/C26H27FN2O6/c1-3-26(23(32)33)21(30)25(28(22(26)31)20-11-7-10-19(27)14-20)12-13-29(24(34)35,17(2)15-25)16-18-8-5-4-6-9-18/h4-11,14,17H,3,12-13,15-16H2,1-2H3,(H-,32,33,34,35)/p+1. The second kappa shape index (κ2) is 8.57. The average molecular weight is 484 g/mol. The maximum absolute atomic E-state index is 14.2. The van der Waals surface area contributed by atoms with Gasteiger partial charge >= 0.3 is 12.1 Å². The van der Waals surface area contributed by atoms with Crippen LogP contribution in [0.3, 0.4) is 0 Å². The largest absolute Gasteiger partial charge is 0.514 e. The highest BCUT2D eigenvalue weighted by atomic mass is 19.1. The third kappa shape index (κ3) is 3.44. The molecule has 2 heterocycles. The molecule has 35 heavy (non-hydrogen) atoms. The minimum atomic E-state index is -2.30. The minimum absolute atomic E-state index is 0.00432. The number of piperidine rings is 1. The fourth-order valence-electron chi connectivity index (χ4n) is 5.89. The van der Waals surface area contributed by atoms with Gasteiger partial charge in [0.1, 0.15) is 17.9 Å². The lowest BCUT2D eigenvalue weighted by Gasteiger charge is -2.49. The highest BCUT2D eigenvalue weighted by molar-refractivity contribution is 6.34. The van der Waals surface area contributed by atoms with Crippen LogP contribution in [0.25, 0.3) is 0 Å². The number of nitrogens with zero attached hydrogens (tertiary/aromatic N) is 2. The maximum Gasteiger partial charge on any atom is 0.514 e. The van der Waals surface area contributed by atoms with Crippen LogP contribution in [0.15, 0.2) is 54.6 Å². The van der Waals surface area contributed by atoms with E-state index < -0.39 is 46.6 Å². The summed E-state index contributed by atoms with van der Waals surface area (Å²) in [5.41, 5.74) is -3.00. The number of carbonyl (C=O) groups excluding carboxylic acids is 2. The number of likely N-dealkylation sites (tertiary alicyclic amines) is 1. The number of hydrogen-bond donors (Lipinski definition) is 2. The monoisotopic (exact) mass is 483 g/mol. The zero-order valence-electron chi connectivity index (χ0n) is 19.6. The van der Waals surface area contributed by atoms with E-state index >= 15 is 0 Å². The molecule has 4 rings (SSSR count). The number of quaternary nitrogens is 1. The van der Waals surface area contributed by atoms with Crippen molar-refractivity contribution in [1.29, 1.82) is 0 Å². The highest BCUT2D eigenvalue weighted by Crippen LogP contribution is 2.51. The molecular formula is C26H28FN2O6+. The molecule has 0 aromatic heterocycles. The highest BCUT2D eigenvalue weighted by Gasteiger charge is 2.72. The van der Waals surface area contributed by atoms with Gasteiger partial charge in [0.05, 0.1) is 12.6 Å². The predicted molar refractivity (Wildman–Crippen MR) is 124 cm³/mol. The second-order valence-electron chi connectivity index (χ2n) is 9.53. The van der Waals surface area contributed by atoms with Gasteiger partial charge < -0.3 is 10.2 Å². The molecule has 8 nitrogen and oxygen atoms in total. The summed E-state index contributed by atoms with van der Waals surface area (Å²) >= 11 is 0. The van der Waals surface area contributed by atoms with Gasteiger partial charge in [0.2, 0.25) is 5.41 Å². The van der Waals surface area contributed by atoms with Crippen LogP contribution in [-0.4, -0.2) is 56.6 Å². The van der Waals surface area contributed by atoms with E-state index in [9.17, 15) is 33.8 Å². The molecule has 9 heteroatoms. The van der Waals surface area contributed by atoms with Crippen molar-refractivity contribution in [2.75, 3.05) is 11.4 Å². The fraction of sp³-hybridized carbons (Fsp3) is 0.385. The van der Waals surface area contributed by atoms with Crippen molar-refractivity contribution >= 4 is 29.4 Å². The number of anilines is 1. The number of halogens is 1. The van der Waals surface area contributed by atoms with Gasteiger partial charge in [0.25, 0.3) is 5.91 Å². The average Bonchev–Trinajstić information content (AvgIpc) is 3.00. The van der Waals surface area contributed by atoms with E-state index in [-0.39, 0.29) is 42.5 Å². The van der Waals surface area contributed by atoms with E-state index in [1.54, 1.807) is 6.92 Å². The molecule has 2 aromatic rings. The molecule has 0 saturated carbocycles. The van der Waals surface area contributed by atoms with Crippen LogP contribution >= 0.6 is 0 Å². The number of amides is 2. The summed E-state index contributed by atoms with van der Waals surface area (Å²) in [6.45, 7) is 3.33. The Morgan fingerprint density at radius 2 is 1.80 bits per heavy atom. The molecule has 2 aromatic carbocycles. The van der Waals surface area contributed by atoms with Gasteiger partial charge in [-0.25, -0.2) is 8.87 Å². The topological polar surface area (TPSA) is 112 Å². The number of carboxylic acid groups (broad SMARTS) is 2. The van der Waals surface area contributed by atoms with Crippen LogP contribution in [0.5, 0.6) is 0 Å². The molecule has 4 atom stereocenters. The SMILES string of the molecule is CCC1(C(=O)O)C(=O)N(c2cccc(F)c2)C2(CC[N+](Cc3ccccc3)(C(=O)O)C(C)C2)C1=O. The number of rotatable bonds is 5. The minimum Gasteiger partial charge on any atom is -0.480 e. The molecule has 1 spiro atoms. The Bertz CT molecular complexity index is 1200. The van der Waals surface area contributed by atoms with E-state index in [0.29, 0.717) is 0 Å². The number of carbonyl (C=O) groups is 4. The smallest absolute Gasteiger partial charge is 0.480 e.